The second-order valence-electron chi connectivity index (χ2n) is 4.62. The molecule has 0 bridgehead atoms. The fourth-order valence-electron chi connectivity index (χ4n) is 2.35. The number of hydrogen-bond acceptors (Lipinski definition) is 3. The van der Waals surface area contributed by atoms with Crippen LogP contribution >= 0.6 is 0 Å². The Labute approximate surface area is 107 Å². The molecule has 0 atom stereocenters. The van der Waals surface area contributed by atoms with Crippen LogP contribution in [0.2, 0.25) is 0 Å². The molecule has 3 nitrogen and oxygen atoms in total. The summed E-state index contributed by atoms with van der Waals surface area (Å²) in [6.45, 7) is 1.43. The molecule has 0 saturated carbocycles. The molecule has 0 radical (unpaired) electrons. The molecule has 2 heterocycles. The van der Waals surface area contributed by atoms with Gasteiger partial charge in [-0.25, -0.2) is 0 Å². The third-order valence-corrected chi connectivity index (χ3v) is 3.24. The quantitative estimate of drug-likeness (QED) is 0.896. The zero-order valence-electron chi connectivity index (χ0n) is 10.3. The minimum absolute atomic E-state index is 0.628. The van der Waals surface area contributed by atoms with E-state index >= 15 is 0 Å². The van der Waals surface area contributed by atoms with Crippen molar-refractivity contribution in [3.8, 4) is 5.75 Å². The Morgan fingerprint density at radius 1 is 1.11 bits per heavy atom. The molecular formula is C15H17NO2. The van der Waals surface area contributed by atoms with Crippen LogP contribution in [0.25, 0.3) is 0 Å². The van der Waals surface area contributed by atoms with Gasteiger partial charge in [-0.05, 0) is 35.9 Å². The molecule has 1 aliphatic heterocycles. The number of hydrogen-bond donors (Lipinski definition) is 1. The van der Waals surface area contributed by atoms with E-state index in [1.807, 2.05) is 12.1 Å². The monoisotopic (exact) mass is 243 g/mol. The Morgan fingerprint density at radius 3 is 2.89 bits per heavy atom. The maximum Gasteiger partial charge on any atom is 0.122 e. The van der Waals surface area contributed by atoms with Crippen molar-refractivity contribution < 1.29 is 9.15 Å². The van der Waals surface area contributed by atoms with Crippen molar-refractivity contribution in [2.45, 2.75) is 19.3 Å². The van der Waals surface area contributed by atoms with Crippen molar-refractivity contribution in [2.75, 3.05) is 13.2 Å². The summed E-state index contributed by atoms with van der Waals surface area (Å²) < 4.78 is 11.2. The van der Waals surface area contributed by atoms with Crippen LogP contribution in [-0.4, -0.2) is 13.2 Å². The first-order chi connectivity index (χ1) is 8.85. The number of rotatable bonds is 4. The minimum Gasteiger partial charge on any atom is -0.493 e. The summed E-state index contributed by atoms with van der Waals surface area (Å²) in [5.74, 6) is 3.00. The van der Waals surface area contributed by atoms with Crippen LogP contribution in [0.5, 0.6) is 5.75 Å². The van der Waals surface area contributed by atoms with E-state index < -0.39 is 0 Å². The smallest absolute Gasteiger partial charge is 0.122 e. The number of ether oxygens (including phenoxy) is 1. The molecule has 3 rings (SSSR count). The van der Waals surface area contributed by atoms with E-state index in [-0.39, 0.29) is 0 Å². The van der Waals surface area contributed by atoms with Crippen molar-refractivity contribution in [3.05, 3.63) is 53.0 Å². The molecule has 0 saturated heterocycles. The van der Waals surface area contributed by atoms with E-state index in [4.69, 9.17) is 14.9 Å². The summed E-state index contributed by atoms with van der Waals surface area (Å²) in [6.07, 6.45) is 2.65. The van der Waals surface area contributed by atoms with E-state index in [9.17, 15) is 0 Å². The van der Waals surface area contributed by atoms with Crippen molar-refractivity contribution >= 4 is 0 Å². The topological polar surface area (TPSA) is 48.4 Å². The Morgan fingerprint density at radius 2 is 2.00 bits per heavy atom. The molecule has 2 N–H and O–H groups in total. The lowest BCUT2D eigenvalue weighted by molar-refractivity contribution is 0.357. The largest absolute Gasteiger partial charge is 0.493 e. The van der Waals surface area contributed by atoms with Gasteiger partial charge in [0.25, 0.3) is 0 Å². The zero-order chi connectivity index (χ0) is 12.4. The summed E-state index contributed by atoms with van der Waals surface area (Å²) in [5, 5.41) is 0. The molecule has 0 unspecified atom stereocenters. The maximum atomic E-state index is 5.74. The number of furan rings is 1. The predicted molar refractivity (Wildman–Crippen MR) is 69.9 cm³/mol. The van der Waals surface area contributed by atoms with Crippen LogP contribution in [-0.2, 0) is 19.3 Å². The maximum absolute atomic E-state index is 5.74. The highest BCUT2D eigenvalue weighted by atomic mass is 16.5. The van der Waals surface area contributed by atoms with E-state index in [0.29, 0.717) is 6.54 Å². The molecule has 1 aromatic heterocycles. The lowest BCUT2D eigenvalue weighted by atomic mass is 10.1. The van der Waals surface area contributed by atoms with Gasteiger partial charge in [0.1, 0.15) is 17.3 Å². The molecule has 0 aliphatic carbocycles. The lowest BCUT2D eigenvalue weighted by Gasteiger charge is -2.02. The molecule has 1 aromatic carbocycles. The van der Waals surface area contributed by atoms with Gasteiger partial charge in [0.05, 0.1) is 6.61 Å². The van der Waals surface area contributed by atoms with Gasteiger partial charge in [-0.1, -0.05) is 12.1 Å². The summed E-state index contributed by atoms with van der Waals surface area (Å²) >= 11 is 0. The fraction of sp³-hybridized carbons (Fsp3) is 0.333. The average Bonchev–Trinajstić information content (AvgIpc) is 2.98. The standard InChI is InChI=1S/C15H17NO2/c16-7-5-13-2-3-14(18-13)10-11-1-4-15-12(9-11)6-8-17-15/h1-4,9H,5-8,10,16H2. The summed E-state index contributed by atoms with van der Waals surface area (Å²) in [5.41, 5.74) is 8.09. The highest BCUT2D eigenvalue weighted by Crippen LogP contribution is 2.27. The molecule has 1 aliphatic rings. The van der Waals surface area contributed by atoms with Crippen molar-refractivity contribution in [1.82, 2.24) is 0 Å². The van der Waals surface area contributed by atoms with Crippen LogP contribution in [0.1, 0.15) is 22.6 Å². The molecule has 0 amide bonds. The van der Waals surface area contributed by atoms with E-state index in [2.05, 4.69) is 18.2 Å². The number of nitrogens with two attached hydrogens (primary N) is 1. The molecule has 3 heteroatoms. The Balaban J connectivity index is 1.75. The highest BCUT2D eigenvalue weighted by Gasteiger charge is 2.12. The summed E-state index contributed by atoms with van der Waals surface area (Å²) in [7, 11) is 0. The first-order valence-electron chi connectivity index (χ1n) is 6.37. The minimum atomic E-state index is 0.628. The molecular weight excluding hydrogens is 226 g/mol. The zero-order valence-corrected chi connectivity index (χ0v) is 10.3. The van der Waals surface area contributed by atoms with Crippen LogP contribution in [0, 0.1) is 0 Å². The summed E-state index contributed by atoms with van der Waals surface area (Å²) in [4.78, 5) is 0. The van der Waals surface area contributed by atoms with Gasteiger partial charge >= 0.3 is 0 Å². The van der Waals surface area contributed by atoms with Crippen LogP contribution in [0.3, 0.4) is 0 Å². The Kier molecular flexibility index (Phi) is 3.07. The van der Waals surface area contributed by atoms with Crippen molar-refractivity contribution in [2.24, 2.45) is 5.73 Å². The summed E-state index contributed by atoms with van der Waals surface area (Å²) in [6, 6.07) is 10.4. The normalized spacial score (nSPS) is 13.4. The van der Waals surface area contributed by atoms with Gasteiger partial charge < -0.3 is 14.9 Å². The fourth-order valence-corrected chi connectivity index (χ4v) is 2.35. The van der Waals surface area contributed by atoms with Crippen LogP contribution in [0.15, 0.2) is 34.7 Å². The predicted octanol–water partition coefficient (Wildman–Crippen LogP) is 2.31. The number of fused-ring (bicyclic) bond motifs is 1. The lowest BCUT2D eigenvalue weighted by Crippen LogP contribution is -2.01. The third kappa shape index (κ3) is 2.27. The second-order valence-corrected chi connectivity index (χ2v) is 4.62. The third-order valence-electron chi connectivity index (χ3n) is 3.24. The Bertz CT molecular complexity index is 545. The van der Waals surface area contributed by atoms with Crippen molar-refractivity contribution in [1.29, 1.82) is 0 Å². The van der Waals surface area contributed by atoms with Gasteiger partial charge in [0, 0.05) is 19.3 Å². The van der Waals surface area contributed by atoms with Gasteiger partial charge in [-0.2, -0.15) is 0 Å². The highest BCUT2D eigenvalue weighted by molar-refractivity contribution is 5.40. The van der Waals surface area contributed by atoms with Gasteiger partial charge in [0.2, 0.25) is 0 Å². The van der Waals surface area contributed by atoms with Gasteiger partial charge in [-0.15, -0.1) is 0 Å². The SMILES string of the molecule is NCCc1ccc(Cc2ccc3c(c2)CCO3)o1. The van der Waals surface area contributed by atoms with Crippen LogP contribution < -0.4 is 10.5 Å². The molecule has 2 aromatic rings. The van der Waals surface area contributed by atoms with Crippen LogP contribution in [0.4, 0.5) is 0 Å². The van der Waals surface area contributed by atoms with E-state index in [1.165, 1.54) is 11.1 Å². The van der Waals surface area contributed by atoms with E-state index in [0.717, 1.165) is 43.1 Å². The molecule has 18 heavy (non-hydrogen) atoms. The first-order valence-corrected chi connectivity index (χ1v) is 6.37. The molecule has 0 fully saturated rings. The van der Waals surface area contributed by atoms with E-state index in [1.54, 1.807) is 0 Å². The molecule has 0 spiro atoms. The number of benzene rings is 1. The van der Waals surface area contributed by atoms with Gasteiger partial charge in [0.15, 0.2) is 0 Å². The van der Waals surface area contributed by atoms with Crippen molar-refractivity contribution in [3.63, 3.8) is 0 Å². The second kappa shape index (κ2) is 4.86. The Hall–Kier alpha value is -1.74. The van der Waals surface area contributed by atoms with Gasteiger partial charge in [-0.3, -0.25) is 0 Å². The first kappa shape index (κ1) is 11.4. The molecule has 94 valence electrons. The average molecular weight is 243 g/mol.